The van der Waals surface area contributed by atoms with Crippen LogP contribution in [0.5, 0.6) is 0 Å². The fourth-order valence-corrected chi connectivity index (χ4v) is 1.94. The Balaban J connectivity index is 2.56. The van der Waals surface area contributed by atoms with Gasteiger partial charge in [-0.25, -0.2) is 0 Å². The maximum atomic E-state index is 5.38. The Kier molecular flexibility index (Phi) is 2.28. The van der Waals surface area contributed by atoms with Gasteiger partial charge in [0.2, 0.25) is 0 Å². The molecule has 1 saturated heterocycles. The van der Waals surface area contributed by atoms with Crippen LogP contribution in [0.15, 0.2) is 0 Å². The molecule has 2 unspecified atom stereocenters. The molecule has 0 spiro atoms. The molecule has 1 aliphatic rings. The van der Waals surface area contributed by atoms with E-state index in [9.17, 15) is 0 Å². The zero-order valence-corrected chi connectivity index (χ0v) is 7.20. The van der Waals surface area contributed by atoms with Crippen LogP contribution in [0.2, 0.25) is 0 Å². The third-order valence-corrected chi connectivity index (χ3v) is 2.92. The molecule has 0 aromatic carbocycles. The molecule has 0 N–H and O–H groups in total. The monoisotopic (exact) mass is 156 g/mol. The van der Waals surface area contributed by atoms with Crippen LogP contribution in [-0.4, -0.2) is 11.9 Å². The van der Waals surface area contributed by atoms with Crippen LogP contribution in [0.1, 0.15) is 20.3 Å². The highest BCUT2D eigenvalue weighted by Gasteiger charge is 2.29. The lowest BCUT2D eigenvalue weighted by molar-refractivity contribution is 0.185. The van der Waals surface area contributed by atoms with Crippen LogP contribution >= 0.6 is 12.0 Å². The summed E-state index contributed by atoms with van der Waals surface area (Å²) in [6.45, 7) is 4.17. The summed E-state index contributed by atoms with van der Waals surface area (Å²) in [6, 6.07) is 0. The Morgan fingerprint density at radius 1 is 1.80 bits per heavy atom. The second kappa shape index (κ2) is 2.86. The first-order valence-corrected chi connectivity index (χ1v) is 4.33. The molecule has 0 saturated carbocycles. The summed E-state index contributed by atoms with van der Waals surface area (Å²) in [6.07, 6.45) is 6.67. The van der Waals surface area contributed by atoms with Gasteiger partial charge in [-0.15, -0.1) is 6.42 Å². The van der Waals surface area contributed by atoms with Gasteiger partial charge in [-0.2, -0.15) is 0 Å². The maximum absolute atomic E-state index is 5.38. The van der Waals surface area contributed by atoms with Crippen molar-refractivity contribution in [2.24, 2.45) is 5.41 Å². The van der Waals surface area contributed by atoms with Crippen molar-refractivity contribution in [3.8, 4) is 12.3 Å². The van der Waals surface area contributed by atoms with Gasteiger partial charge in [0.05, 0.1) is 6.10 Å². The van der Waals surface area contributed by atoms with Crippen LogP contribution in [0.4, 0.5) is 0 Å². The minimum absolute atomic E-state index is 0.0579. The van der Waals surface area contributed by atoms with Crippen LogP contribution in [0.25, 0.3) is 0 Å². The van der Waals surface area contributed by atoms with Gasteiger partial charge < -0.3 is 4.18 Å². The lowest BCUT2D eigenvalue weighted by atomic mass is 9.88. The molecule has 1 nitrogen and oxygen atoms in total. The minimum atomic E-state index is 0.0579. The Labute approximate surface area is 66.7 Å². The van der Waals surface area contributed by atoms with E-state index < -0.39 is 0 Å². The van der Waals surface area contributed by atoms with Crippen LogP contribution in [0.3, 0.4) is 0 Å². The van der Waals surface area contributed by atoms with Crippen molar-refractivity contribution in [2.45, 2.75) is 26.4 Å². The standard InChI is InChI=1S/C8H12OS/c1-4-8(3)5-7(2)9-10-6-8/h1,7H,5-6H2,2-3H3. The van der Waals surface area contributed by atoms with Gasteiger partial charge in [-0.1, -0.05) is 5.92 Å². The molecular weight excluding hydrogens is 144 g/mol. The molecule has 2 heteroatoms. The summed E-state index contributed by atoms with van der Waals surface area (Å²) in [5.41, 5.74) is 0.0579. The number of terminal acetylenes is 1. The summed E-state index contributed by atoms with van der Waals surface area (Å²) in [5.74, 6) is 3.73. The predicted octanol–water partition coefficient (Wildman–Crippen LogP) is 2.08. The van der Waals surface area contributed by atoms with E-state index >= 15 is 0 Å². The Morgan fingerprint density at radius 3 is 2.90 bits per heavy atom. The first-order valence-electron chi connectivity index (χ1n) is 3.42. The predicted molar refractivity (Wildman–Crippen MR) is 44.6 cm³/mol. The molecule has 1 aliphatic heterocycles. The molecule has 0 aliphatic carbocycles. The van der Waals surface area contributed by atoms with Crippen molar-refractivity contribution in [3.05, 3.63) is 0 Å². The van der Waals surface area contributed by atoms with Gasteiger partial charge in [0.25, 0.3) is 0 Å². The van der Waals surface area contributed by atoms with Crippen molar-refractivity contribution in [2.75, 3.05) is 5.75 Å². The third kappa shape index (κ3) is 1.68. The second-order valence-electron chi connectivity index (χ2n) is 3.08. The molecule has 0 aromatic heterocycles. The summed E-state index contributed by atoms with van der Waals surface area (Å²) in [4.78, 5) is 0. The van der Waals surface area contributed by atoms with E-state index in [2.05, 4.69) is 19.8 Å². The Morgan fingerprint density at radius 2 is 2.50 bits per heavy atom. The van der Waals surface area contributed by atoms with Gasteiger partial charge in [0.15, 0.2) is 0 Å². The van der Waals surface area contributed by atoms with Crippen molar-refractivity contribution in [1.82, 2.24) is 0 Å². The Hall–Kier alpha value is -0.130. The summed E-state index contributed by atoms with van der Waals surface area (Å²) >= 11 is 1.49. The van der Waals surface area contributed by atoms with Gasteiger partial charge in [-0.05, 0) is 32.3 Å². The first kappa shape index (κ1) is 7.97. The SMILES string of the molecule is C#CC1(C)CSOC(C)C1. The van der Waals surface area contributed by atoms with Gasteiger partial charge in [-0.3, -0.25) is 0 Å². The lowest BCUT2D eigenvalue weighted by Gasteiger charge is -2.31. The lowest BCUT2D eigenvalue weighted by Crippen LogP contribution is -2.28. The van der Waals surface area contributed by atoms with E-state index in [0.29, 0.717) is 6.10 Å². The highest BCUT2D eigenvalue weighted by Crippen LogP contribution is 2.34. The molecule has 56 valence electrons. The quantitative estimate of drug-likeness (QED) is 0.392. The average molecular weight is 156 g/mol. The van der Waals surface area contributed by atoms with E-state index in [1.165, 1.54) is 12.0 Å². The van der Waals surface area contributed by atoms with Crippen LogP contribution in [-0.2, 0) is 4.18 Å². The largest absolute Gasteiger partial charge is 0.312 e. The van der Waals surface area contributed by atoms with E-state index in [1.54, 1.807) is 0 Å². The summed E-state index contributed by atoms with van der Waals surface area (Å²) < 4.78 is 5.30. The minimum Gasteiger partial charge on any atom is -0.312 e. The molecule has 0 radical (unpaired) electrons. The summed E-state index contributed by atoms with van der Waals surface area (Å²) in [5, 5.41) is 0. The van der Waals surface area contributed by atoms with Crippen LogP contribution in [0, 0.1) is 17.8 Å². The first-order chi connectivity index (χ1) is 4.66. The van der Waals surface area contributed by atoms with Gasteiger partial charge >= 0.3 is 0 Å². The third-order valence-electron chi connectivity index (χ3n) is 1.70. The van der Waals surface area contributed by atoms with E-state index in [1.807, 2.05) is 0 Å². The van der Waals surface area contributed by atoms with Crippen molar-refractivity contribution < 1.29 is 4.18 Å². The zero-order valence-electron chi connectivity index (χ0n) is 6.39. The van der Waals surface area contributed by atoms with E-state index in [4.69, 9.17) is 10.6 Å². The maximum Gasteiger partial charge on any atom is 0.0708 e. The molecular formula is C8H12OS. The Bertz CT molecular complexity index is 161. The van der Waals surface area contributed by atoms with Crippen LogP contribution < -0.4 is 0 Å². The van der Waals surface area contributed by atoms with Crippen molar-refractivity contribution in [1.29, 1.82) is 0 Å². The molecule has 2 atom stereocenters. The molecule has 1 fully saturated rings. The highest BCUT2D eigenvalue weighted by atomic mass is 32.2. The smallest absolute Gasteiger partial charge is 0.0708 e. The van der Waals surface area contributed by atoms with Gasteiger partial charge in [0, 0.05) is 11.2 Å². The number of hydrogen-bond donors (Lipinski definition) is 0. The molecule has 1 heterocycles. The van der Waals surface area contributed by atoms with Crippen molar-refractivity contribution >= 4 is 12.0 Å². The highest BCUT2D eigenvalue weighted by molar-refractivity contribution is 7.94. The molecule has 1 rings (SSSR count). The number of hydrogen-bond acceptors (Lipinski definition) is 2. The molecule has 0 aromatic rings. The molecule has 0 bridgehead atoms. The number of rotatable bonds is 0. The molecule has 0 amide bonds. The second-order valence-corrected chi connectivity index (χ2v) is 3.79. The topological polar surface area (TPSA) is 9.23 Å². The summed E-state index contributed by atoms with van der Waals surface area (Å²) in [7, 11) is 0. The van der Waals surface area contributed by atoms with Crippen molar-refractivity contribution in [3.63, 3.8) is 0 Å². The normalized spacial score (nSPS) is 40.7. The molecule has 10 heavy (non-hydrogen) atoms. The van der Waals surface area contributed by atoms with Gasteiger partial charge in [0.1, 0.15) is 0 Å². The van der Waals surface area contributed by atoms with E-state index in [-0.39, 0.29) is 5.41 Å². The fourth-order valence-electron chi connectivity index (χ4n) is 1.11. The van der Waals surface area contributed by atoms with E-state index in [0.717, 1.165) is 12.2 Å². The zero-order chi connectivity index (χ0) is 7.61. The average Bonchev–Trinajstić information content (AvgIpc) is 1.88. The fraction of sp³-hybridized carbons (Fsp3) is 0.750.